The molecular weight excluding hydrogens is 331 g/mol. The summed E-state index contributed by atoms with van der Waals surface area (Å²) in [7, 11) is 0. The van der Waals surface area contributed by atoms with E-state index in [1.54, 1.807) is 12.1 Å². The molecule has 0 bridgehead atoms. The van der Waals surface area contributed by atoms with Gasteiger partial charge in [0.15, 0.2) is 11.6 Å². The van der Waals surface area contributed by atoms with Gasteiger partial charge in [-0.1, -0.05) is 18.6 Å². The third-order valence-corrected chi connectivity index (χ3v) is 6.35. The van der Waals surface area contributed by atoms with Gasteiger partial charge in [0.2, 0.25) is 5.91 Å². The van der Waals surface area contributed by atoms with E-state index in [1.807, 2.05) is 6.07 Å². The Kier molecular flexibility index (Phi) is 5.44. The predicted octanol–water partition coefficient (Wildman–Crippen LogP) is 3.46. The number of carbonyl (C=O) groups excluding carboxylic acids is 1. The van der Waals surface area contributed by atoms with Gasteiger partial charge in [-0.3, -0.25) is 9.69 Å². The first-order valence-electron chi connectivity index (χ1n) is 10.1. The fourth-order valence-electron chi connectivity index (χ4n) is 4.44. The highest BCUT2D eigenvalue weighted by Crippen LogP contribution is 2.30. The molecule has 142 valence electrons. The highest BCUT2D eigenvalue weighted by atomic mass is 19.1. The summed E-state index contributed by atoms with van der Waals surface area (Å²) in [6.45, 7) is 3.82. The molecule has 26 heavy (non-hydrogen) atoms. The van der Waals surface area contributed by atoms with E-state index in [4.69, 9.17) is 4.74 Å². The van der Waals surface area contributed by atoms with Gasteiger partial charge in [-0.2, -0.15) is 0 Å². The summed E-state index contributed by atoms with van der Waals surface area (Å²) in [6.07, 6.45) is 7.54. The Hall–Kier alpha value is -1.62. The van der Waals surface area contributed by atoms with Crippen molar-refractivity contribution in [3.63, 3.8) is 0 Å². The average Bonchev–Trinajstić information content (AvgIpc) is 2.63. The molecule has 1 aromatic rings. The molecule has 0 aromatic heterocycles. The van der Waals surface area contributed by atoms with Crippen molar-refractivity contribution in [2.24, 2.45) is 5.92 Å². The molecule has 1 aromatic carbocycles. The van der Waals surface area contributed by atoms with Crippen LogP contribution in [-0.4, -0.2) is 54.0 Å². The zero-order valence-electron chi connectivity index (χ0n) is 15.4. The monoisotopic (exact) mass is 360 g/mol. The predicted molar refractivity (Wildman–Crippen MR) is 98.6 cm³/mol. The van der Waals surface area contributed by atoms with E-state index < -0.39 is 0 Å². The molecule has 3 fully saturated rings. The molecule has 0 radical (unpaired) electrons. The van der Waals surface area contributed by atoms with E-state index in [-0.39, 0.29) is 11.9 Å². The van der Waals surface area contributed by atoms with E-state index in [2.05, 4.69) is 9.80 Å². The number of hydrogen-bond donors (Lipinski definition) is 0. The zero-order valence-corrected chi connectivity index (χ0v) is 15.4. The molecule has 0 atom stereocenters. The van der Waals surface area contributed by atoms with Crippen LogP contribution in [0.1, 0.15) is 44.9 Å². The molecule has 4 rings (SSSR count). The smallest absolute Gasteiger partial charge is 0.225 e. The normalized spacial score (nSPS) is 23.7. The first-order valence-corrected chi connectivity index (χ1v) is 10.1. The molecule has 0 unspecified atom stereocenters. The molecule has 1 amide bonds. The number of nitrogens with zero attached hydrogens (tertiary/aromatic N) is 2. The Bertz CT molecular complexity index is 618. The van der Waals surface area contributed by atoms with Crippen LogP contribution in [0.3, 0.4) is 0 Å². The second kappa shape index (κ2) is 7.95. The Balaban J connectivity index is 1.22. The van der Waals surface area contributed by atoms with Gasteiger partial charge >= 0.3 is 0 Å². The number of halogens is 1. The van der Waals surface area contributed by atoms with Gasteiger partial charge in [0.1, 0.15) is 6.10 Å². The second-order valence-electron chi connectivity index (χ2n) is 7.97. The maximum Gasteiger partial charge on any atom is 0.225 e. The summed E-state index contributed by atoms with van der Waals surface area (Å²) in [4.78, 5) is 17.0. The van der Waals surface area contributed by atoms with Gasteiger partial charge in [-0.05, 0) is 50.7 Å². The molecule has 2 aliphatic heterocycles. The molecule has 2 saturated heterocycles. The topological polar surface area (TPSA) is 32.8 Å². The van der Waals surface area contributed by atoms with Crippen LogP contribution < -0.4 is 4.74 Å². The lowest BCUT2D eigenvalue weighted by Crippen LogP contribution is -2.51. The summed E-state index contributed by atoms with van der Waals surface area (Å²) in [5, 5.41) is 0. The van der Waals surface area contributed by atoms with E-state index >= 15 is 0 Å². The standard InChI is InChI=1S/C21H29FN2O2/c22-19-6-1-2-7-20(19)26-18-10-14-23(15-11-18)17-8-12-24(13-9-17)21(25)16-4-3-5-16/h1-2,6-7,16-18H,3-5,8-15H2. The van der Waals surface area contributed by atoms with E-state index in [0.717, 1.165) is 64.7 Å². The van der Waals surface area contributed by atoms with Crippen molar-refractivity contribution in [3.05, 3.63) is 30.1 Å². The summed E-state index contributed by atoms with van der Waals surface area (Å²) >= 11 is 0. The van der Waals surface area contributed by atoms with Crippen molar-refractivity contribution in [2.45, 2.75) is 57.1 Å². The first kappa shape index (κ1) is 17.8. The van der Waals surface area contributed by atoms with Crippen LogP contribution in [0.4, 0.5) is 4.39 Å². The van der Waals surface area contributed by atoms with Crippen LogP contribution in [-0.2, 0) is 4.79 Å². The van der Waals surface area contributed by atoms with E-state index in [0.29, 0.717) is 23.6 Å². The Morgan fingerprint density at radius 1 is 0.962 bits per heavy atom. The van der Waals surface area contributed by atoms with Crippen LogP contribution in [0, 0.1) is 11.7 Å². The maximum atomic E-state index is 13.7. The number of para-hydroxylation sites is 1. The van der Waals surface area contributed by atoms with E-state index in [1.165, 1.54) is 12.5 Å². The minimum atomic E-state index is -0.279. The molecule has 0 spiro atoms. The molecule has 1 saturated carbocycles. The lowest BCUT2D eigenvalue weighted by atomic mass is 9.84. The SMILES string of the molecule is O=C(C1CCC1)N1CCC(N2CCC(Oc3ccccc3F)CC2)CC1. The molecule has 0 N–H and O–H groups in total. The molecule has 1 aliphatic carbocycles. The minimum Gasteiger partial charge on any atom is -0.487 e. The number of amides is 1. The lowest BCUT2D eigenvalue weighted by molar-refractivity contribution is -0.139. The summed E-state index contributed by atoms with van der Waals surface area (Å²) in [6, 6.07) is 7.23. The largest absolute Gasteiger partial charge is 0.487 e. The fraction of sp³-hybridized carbons (Fsp3) is 0.667. The zero-order chi connectivity index (χ0) is 17.9. The number of hydrogen-bond acceptors (Lipinski definition) is 3. The van der Waals surface area contributed by atoms with Crippen molar-refractivity contribution in [1.29, 1.82) is 0 Å². The average molecular weight is 360 g/mol. The lowest BCUT2D eigenvalue weighted by Gasteiger charge is -2.42. The molecular formula is C21H29FN2O2. The third-order valence-electron chi connectivity index (χ3n) is 6.35. The van der Waals surface area contributed by atoms with Gasteiger partial charge < -0.3 is 9.64 Å². The first-order chi connectivity index (χ1) is 12.7. The summed E-state index contributed by atoms with van der Waals surface area (Å²) in [5.41, 5.74) is 0. The summed E-state index contributed by atoms with van der Waals surface area (Å²) < 4.78 is 19.6. The number of benzene rings is 1. The van der Waals surface area contributed by atoms with Crippen LogP contribution in [0.15, 0.2) is 24.3 Å². The van der Waals surface area contributed by atoms with Gasteiger partial charge in [0.05, 0.1) is 0 Å². The summed E-state index contributed by atoms with van der Waals surface area (Å²) in [5.74, 6) is 0.803. The van der Waals surface area contributed by atoms with Crippen molar-refractivity contribution < 1.29 is 13.9 Å². The quantitative estimate of drug-likeness (QED) is 0.824. The minimum absolute atomic E-state index is 0.100. The third kappa shape index (κ3) is 3.88. The molecule has 5 heteroatoms. The van der Waals surface area contributed by atoms with Crippen molar-refractivity contribution in [3.8, 4) is 5.75 Å². The molecule has 2 heterocycles. The van der Waals surface area contributed by atoms with Gasteiger partial charge in [0, 0.05) is 38.1 Å². The Morgan fingerprint density at radius 3 is 2.27 bits per heavy atom. The van der Waals surface area contributed by atoms with Gasteiger partial charge in [0.25, 0.3) is 0 Å². The number of piperidine rings is 2. The van der Waals surface area contributed by atoms with Crippen molar-refractivity contribution >= 4 is 5.91 Å². The maximum absolute atomic E-state index is 13.7. The second-order valence-corrected chi connectivity index (χ2v) is 7.97. The highest BCUT2D eigenvalue weighted by Gasteiger charge is 2.34. The number of ether oxygens (including phenoxy) is 1. The molecule has 4 nitrogen and oxygen atoms in total. The van der Waals surface area contributed by atoms with Crippen LogP contribution >= 0.6 is 0 Å². The Morgan fingerprint density at radius 2 is 1.65 bits per heavy atom. The van der Waals surface area contributed by atoms with E-state index in [9.17, 15) is 9.18 Å². The van der Waals surface area contributed by atoms with Crippen molar-refractivity contribution in [1.82, 2.24) is 9.80 Å². The number of rotatable bonds is 4. The highest BCUT2D eigenvalue weighted by molar-refractivity contribution is 5.79. The van der Waals surface area contributed by atoms with Crippen LogP contribution in [0.2, 0.25) is 0 Å². The molecule has 3 aliphatic rings. The van der Waals surface area contributed by atoms with Gasteiger partial charge in [-0.25, -0.2) is 4.39 Å². The number of carbonyl (C=O) groups is 1. The van der Waals surface area contributed by atoms with Gasteiger partial charge in [-0.15, -0.1) is 0 Å². The fourth-order valence-corrected chi connectivity index (χ4v) is 4.44. The Labute approximate surface area is 155 Å². The van der Waals surface area contributed by atoms with Crippen molar-refractivity contribution in [2.75, 3.05) is 26.2 Å². The van der Waals surface area contributed by atoms with Crippen LogP contribution in [0.25, 0.3) is 0 Å². The number of likely N-dealkylation sites (tertiary alicyclic amines) is 2. The van der Waals surface area contributed by atoms with Crippen LogP contribution in [0.5, 0.6) is 5.75 Å².